The second kappa shape index (κ2) is 7.69. The zero-order valence-corrected chi connectivity index (χ0v) is 18.7. The van der Waals surface area contributed by atoms with Crippen LogP contribution in [0.4, 0.5) is 0 Å². The average molecular weight is 430 g/mol. The van der Waals surface area contributed by atoms with Gasteiger partial charge in [0.2, 0.25) is 0 Å². The first-order valence-electron chi connectivity index (χ1n) is 10.4. The van der Waals surface area contributed by atoms with E-state index in [4.69, 9.17) is 11.6 Å². The van der Waals surface area contributed by atoms with E-state index in [-0.39, 0.29) is 23.3 Å². The number of nitrogens with one attached hydrogen (secondary N) is 1. The summed E-state index contributed by atoms with van der Waals surface area (Å²) in [5.41, 5.74) is 3.78. The normalized spacial score (nSPS) is 18.4. The standard InChI is InChI=1S/C22H28ClN5O2/c1-13-9-14(2)24-17(10-13)21(30)28-7-5-22(6-8-28)11-16(12-22)25-20(29)18-15(3)26-27(4)19(18)23/h9-10,16H,5-8,11-12H2,1-4H3,(H,25,29). The first kappa shape index (κ1) is 20.8. The van der Waals surface area contributed by atoms with Gasteiger partial charge in [-0.15, -0.1) is 0 Å². The van der Waals surface area contributed by atoms with Crippen molar-refractivity contribution >= 4 is 23.4 Å². The molecular weight excluding hydrogens is 402 g/mol. The molecule has 7 nitrogen and oxygen atoms in total. The molecule has 2 aromatic heterocycles. The van der Waals surface area contributed by atoms with Gasteiger partial charge < -0.3 is 10.2 Å². The first-order chi connectivity index (χ1) is 14.2. The number of rotatable bonds is 3. The van der Waals surface area contributed by atoms with E-state index in [1.807, 2.05) is 30.9 Å². The summed E-state index contributed by atoms with van der Waals surface area (Å²) in [7, 11) is 1.73. The van der Waals surface area contributed by atoms with Crippen molar-refractivity contribution in [3.63, 3.8) is 0 Å². The zero-order chi connectivity index (χ0) is 21.6. The van der Waals surface area contributed by atoms with E-state index < -0.39 is 0 Å². The molecule has 4 rings (SSSR count). The number of hydrogen-bond acceptors (Lipinski definition) is 4. The summed E-state index contributed by atoms with van der Waals surface area (Å²) >= 11 is 6.21. The highest BCUT2D eigenvalue weighted by Gasteiger charge is 2.47. The second-order valence-electron chi connectivity index (χ2n) is 8.92. The maximum Gasteiger partial charge on any atom is 0.272 e. The van der Waals surface area contributed by atoms with Crippen molar-refractivity contribution in [1.29, 1.82) is 0 Å². The lowest BCUT2D eigenvalue weighted by molar-refractivity contribution is 0.00841. The number of carbonyl (C=O) groups excluding carboxylic acids is 2. The smallest absolute Gasteiger partial charge is 0.272 e. The molecule has 0 bridgehead atoms. The average Bonchev–Trinajstić information content (AvgIpc) is 2.91. The Hall–Kier alpha value is -2.41. The number of carbonyl (C=O) groups is 2. The second-order valence-corrected chi connectivity index (χ2v) is 9.27. The van der Waals surface area contributed by atoms with E-state index in [1.165, 1.54) is 4.68 Å². The number of pyridine rings is 1. The van der Waals surface area contributed by atoms with E-state index >= 15 is 0 Å². The fourth-order valence-corrected chi connectivity index (χ4v) is 5.20. The van der Waals surface area contributed by atoms with E-state index in [0.29, 0.717) is 22.1 Å². The first-order valence-corrected chi connectivity index (χ1v) is 10.8. The molecule has 2 amide bonds. The molecule has 3 heterocycles. The Morgan fingerprint density at radius 2 is 1.83 bits per heavy atom. The molecule has 1 aliphatic heterocycles. The van der Waals surface area contributed by atoms with Crippen molar-refractivity contribution in [3.05, 3.63) is 45.5 Å². The minimum atomic E-state index is -0.154. The van der Waals surface area contributed by atoms with Gasteiger partial charge in [-0.3, -0.25) is 14.3 Å². The predicted molar refractivity (Wildman–Crippen MR) is 115 cm³/mol. The summed E-state index contributed by atoms with van der Waals surface area (Å²) in [6.07, 6.45) is 3.81. The molecule has 0 aromatic carbocycles. The highest BCUT2D eigenvalue weighted by atomic mass is 35.5. The Morgan fingerprint density at radius 1 is 1.17 bits per heavy atom. The Morgan fingerprint density at radius 3 is 2.40 bits per heavy atom. The number of amides is 2. The molecule has 2 aromatic rings. The van der Waals surface area contributed by atoms with Crippen molar-refractivity contribution in [2.75, 3.05) is 13.1 Å². The quantitative estimate of drug-likeness (QED) is 0.812. The van der Waals surface area contributed by atoms with Crippen LogP contribution in [0, 0.1) is 26.2 Å². The fourth-order valence-electron chi connectivity index (χ4n) is 4.94. The third kappa shape index (κ3) is 3.83. The molecule has 160 valence electrons. The lowest BCUT2D eigenvalue weighted by atomic mass is 9.60. The van der Waals surface area contributed by atoms with Gasteiger partial charge in [-0.2, -0.15) is 5.10 Å². The van der Waals surface area contributed by atoms with E-state index in [0.717, 1.165) is 50.0 Å². The Balaban J connectivity index is 1.31. The highest BCUT2D eigenvalue weighted by Crippen LogP contribution is 2.49. The van der Waals surface area contributed by atoms with Crippen molar-refractivity contribution in [3.8, 4) is 0 Å². The minimum Gasteiger partial charge on any atom is -0.349 e. The lowest BCUT2D eigenvalue weighted by Gasteiger charge is -2.52. The van der Waals surface area contributed by atoms with Crippen molar-refractivity contribution in [2.24, 2.45) is 12.5 Å². The van der Waals surface area contributed by atoms with Gasteiger partial charge in [0.25, 0.3) is 11.8 Å². The molecule has 0 unspecified atom stereocenters. The summed E-state index contributed by atoms with van der Waals surface area (Å²) in [6.45, 7) is 7.17. The molecule has 1 spiro atoms. The maximum absolute atomic E-state index is 12.8. The Kier molecular flexibility index (Phi) is 5.34. The summed E-state index contributed by atoms with van der Waals surface area (Å²) < 4.78 is 1.52. The van der Waals surface area contributed by atoms with Gasteiger partial charge in [-0.05, 0) is 69.6 Å². The van der Waals surface area contributed by atoms with Crippen molar-refractivity contribution < 1.29 is 9.59 Å². The fraction of sp³-hybridized carbons (Fsp3) is 0.545. The number of aromatic nitrogens is 3. The van der Waals surface area contributed by atoms with E-state index in [1.54, 1.807) is 14.0 Å². The van der Waals surface area contributed by atoms with Gasteiger partial charge in [0.1, 0.15) is 10.8 Å². The predicted octanol–water partition coefficient (Wildman–Crippen LogP) is 3.21. The van der Waals surface area contributed by atoms with E-state index in [9.17, 15) is 9.59 Å². The van der Waals surface area contributed by atoms with Crippen LogP contribution in [0.2, 0.25) is 5.15 Å². The zero-order valence-electron chi connectivity index (χ0n) is 18.0. The topological polar surface area (TPSA) is 80.1 Å². The van der Waals surface area contributed by atoms with Crippen LogP contribution in [-0.4, -0.2) is 50.6 Å². The number of aryl methyl sites for hydroxylation is 4. The number of likely N-dealkylation sites (tertiary alicyclic amines) is 1. The molecule has 2 fully saturated rings. The van der Waals surface area contributed by atoms with Crippen LogP contribution in [0.15, 0.2) is 12.1 Å². The van der Waals surface area contributed by atoms with Gasteiger partial charge >= 0.3 is 0 Å². The summed E-state index contributed by atoms with van der Waals surface area (Å²) in [5.74, 6) is -0.138. The number of hydrogen-bond donors (Lipinski definition) is 1. The third-order valence-electron chi connectivity index (χ3n) is 6.50. The molecule has 1 saturated carbocycles. The Labute approximate surface area is 181 Å². The van der Waals surface area contributed by atoms with Gasteiger partial charge in [-0.1, -0.05) is 11.6 Å². The van der Waals surface area contributed by atoms with Crippen molar-refractivity contribution in [1.82, 2.24) is 25.0 Å². The molecule has 1 N–H and O–H groups in total. The summed E-state index contributed by atoms with van der Waals surface area (Å²) in [6, 6.07) is 3.99. The van der Waals surface area contributed by atoms with Crippen LogP contribution in [0.1, 0.15) is 63.5 Å². The molecule has 1 saturated heterocycles. The number of piperidine rings is 1. The van der Waals surface area contributed by atoms with Crippen molar-refractivity contribution in [2.45, 2.75) is 52.5 Å². The van der Waals surface area contributed by atoms with Gasteiger partial charge in [0, 0.05) is 31.9 Å². The highest BCUT2D eigenvalue weighted by molar-refractivity contribution is 6.33. The molecule has 30 heavy (non-hydrogen) atoms. The van der Waals surface area contributed by atoms with E-state index in [2.05, 4.69) is 15.4 Å². The number of nitrogens with zero attached hydrogens (tertiary/aromatic N) is 4. The molecule has 1 aliphatic carbocycles. The summed E-state index contributed by atoms with van der Waals surface area (Å²) in [5, 5.41) is 7.68. The molecule has 8 heteroatoms. The van der Waals surface area contributed by atoms with Gasteiger partial charge in [0.15, 0.2) is 0 Å². The monoisotopic (exact) mass is 429 g/mol. The Bertz CT molecular complexity index is 979. The van der Waals surface area contributed by atoms with Crippen LogP contribution in [0.25, 0.3) is 0 Å². The largest absolute Gasteiger partial charge is 0.349 e. The van der Waals surface area contributed by atoms with Crippen LogP contribution < -0.4 is 5.32 Å². The summed E-state index contributed by atoms with van der Waals surface area (Å²) in [4.78, 5) is 31.8. The minimum absolute atomic E-state index is 0.0162. The maximum atomic E-state index is 12.8. The van der Waals surface area contributed by atoms with Crippen LogP contribution >= 0.6 is 11.6 Å². The molecule has 0 atom stereocenters. The molecular formula is C22H28ClN5O2. The molecule has 2 aliphatic rings. The van der Waals surface area contributed by atoms with Gasteiger partial charge in [0.05, 0.1) is 11.3 Å². The SMILES string of the molecule is Cc1cc(C)nc(C(=O)N2CCC3(CC2)CC(NC(=O)c2c(C)nn(C)c2Cl)C3)c1. The van der Waals surface area contributed by atoms with Crippen LogP contribution in [-0.2, 0) is 7.05 Å². The third-order valence-corrected chi connectivity index (χ3v) is 6.94. The van der Waals surface area contributed by atoms with Crippen LogP contribution in [0.5, 0.6) is 0 Å². The van der Waals surface area contributed by atoms with Gasteiger partial charge in [-0.25, -0.2) is 4.98 Å². The van der Waals surface area contributed by atoms with Crippen LogP contribution in [0.3, 0.4) is 0 Å². The lowest BCUT2D eigenvalue weighted by Crippen LogP contribution is -2.55. The number of halogens is 1. The molecule has 0 radical (unpaired) electrons.